The molecular formula is C11H12N2. The molecule has 2 heterocycles. The number of hydrogen-bond acceptors (Lipinski definition) is 2. The van der Waals surface area contributed by atoms with Crippen molar-refractivity contribution in [1.29, 1.82) is 0 Å². The summed E-state index contributed by atoms with van der Waals surface area (Å²) in [7, 11) is 0. The summed E-state index contributed by atoms with van der Waals surface area (Å²) in [6, 6.07) is 0. The third kappa shape index (κ3) is 1.02. The summed E-state index contributed by atoms with van der Waals surface area (Å²) in [6.45, 7) is 2.09. The Kier molecular flexibility index (Phi) is 1.49. The van der Waals surface area contributed by atoms with E-state index >= 15 is 0 Å². The predicted octanol–water partition coefficient (Wildman–Crippen LogP) is 1.57. The Morgan fingerprint density at radius 3 is 3.31 bits per heavy atom. The highest BCUT2D eigenvalue weighted by Gasteiger charge is 2.25. The summed E-state index contributed by atoms with van der Waals surface area (Å²) in [6.07, 6.45) is 8.59. The Morgan fingerprint density at radius 2 is 2.31 bits per heavy atom. The third-order valence-corrected chi connectivity index (χ3v) is 2.83. The predicted molar refractivity (Wildman–Crippen MR) is 53.8 cm³/mol. The van der Waals surface area contributed by atoms with E-state index < -0.39 is 0 Å². The average molecular weight is 172 g/mol. The van der Waals surface area contributed by atoms with E-state index in [1.165, 1.54) is 22.6 Å². The van der Waals surface area contributed by atoms with Gasteiger partial charge in [0.15, 0.2) is 0 Å². The zero-order chi connectivity index (χ0) is 8.67. The summed E-state index contributed by atoms with van der Waals surface area (Å²) in [5.41, 5.74) is 5.44. The van der Waals surface area contributed by atoms with Crippen LogP contribution in [0.25, 0.3) is 0 Å². The van der Waals surface area contributed by atoms with Gasteiger partial charge in [0, 0.05) is 25.2 Å². The van der Waals surface area contributed by atoms with E-state index in [1.807, 2.05) is 0 Å². The molecule has 3 aliphatic rings. The molecule has 2 nitrogen and oxygen atoms in total. The molecule has 0 unspecified atom stereocenters. The number of aliphatic imine (C=N–C) groups is 1. The van der Waals surface area contributed by atoms with Gasteiger partial charge in [-0.15, -0.1) is 0 Å². The maximum Gasteiger partial charge on any atom is 0.0672 e. The van der Waals surface area contributed by atoms with E-state index in [2.05, 4.69) is 28.5 Å². The number of nitrogens with one attached hydrogen (secondary N) is 1. The van der Waals surface area contributed by atoms with E-state index in [4.69, 9.17) is 0 Å². The van der Waals surface area contributed by atoms with Crippen molar-refractivity contribution in [3.8, 4) is 0 Å². The molecule has 0 saturated carbocycles. The fourth-order valence-electron chi connectivity index (χ4n) is 2.16. The zero-order valence-corrected chi connectivity index (χ0v) is 7.51. The largest absolute Gasteiger partial charge is 0.312 e. The van der Waals surface area contributed by atoms with Crippen molar-refractivity contribution in [1.82, 2.24) is 5.32 Å². The molecule has 0 aromatic heterocycles. The number of hydrogen-bond donors (Lipinski definition) is 1. The molecule has 0 atom stereocenters. The smallest absolute Gasteiger partial charge is 0.0672 e. The number of nitrogens with zero attached hydrogens (tertiary/aromatic N) is 1. The molecule has 66 valence electrons. The van der Waals surface area contributed by atoms with Gasteiger partial charge >= 0.3 is 0 Å². The van der Waals surface area contributed by atoms with Crippen molar-refractivity contribution >= 4 is 5.71 Å². The number of fused-ring (bicyclic) bond motifs is 2. The fraction of sp³-hybridized carbons (Fsp3) is 0.364. The highest BCUT2D eigenvalue weighted by molar-refractivity contribution is 6.06. The summed E-state index contributed by atoms with van der Waals surface area (Å²) in [5, 5.41) is 3.40. The number of rotatable bonds is 0. The highest BCUT2D eigenvalue weighted by atomic mass is 14.9. The summed E-state index contributed by atoms with van der Waals surface area (Å²) >= 11 is 0. The lowest BCUT2D eigenvalue weighted by atomic mass is 9.96. The second-order valence-electron chi connectivity index (χ2n) is 3.63. The van der Waals surface area contributed by atoms with Crippen LogP contribution in [0.15, 0.2) is 40.1 Å². The van der Waals surface area contributed by atoms with Crippen LogP contribution < -0.4 is 5.32 Å². The molecule has 0 radical (unpaired) electrons. The molecule has 1 fully saturated rings. The SMILES string of the molecule is C1=CCC2=C3CNCCC3=NC2=C1. The highest BCUT2D eigenvalue weighted by Crippen LogP contribution is 2.32. The molecule has 0 aromatic rings. The lowest BCUT2D eigenvalue weighted by molar-refractivity contribution is 0.730. The normalized spacial score (nSPS) is 25.2. The van der Waals surface area contributed by atoms with E-state index in [1.54, 1.807) is 0 Å². The van der Waals surface area contributed by atoms with Gasteiger partial charge in [-0.1, -0.05) is 12.2 Å². The summed E-state index contributed by atoms with van der Waals surface area (Å²) in [5.74, 6) is 0. The minimum atomic E-state index is 1.01. The molecule has 0 aromatic carbocycles. The first-order valence-corrected chi connectivity index (χ1v) is 4.83. The standard InChI is InChI=1S/C11H12N2/c1-2-4-10-8(3-1)9-7-12-6-5-11(9)13-10/h1-2,4,12H,3,5-7H2. The van der Waals surface area contributed by atoms with E-state index in [9.17, 15) is 0 Å². The lowest BCUT2D eigenvalue weighted by Gasteiger charge is -2.16. The van der Waals surface area contributed by atoms with Crippen LogP contribution in [0.2, 0.25) is 0 Å². The van der Waals surface area contributed by atoms with Crippen molar-refractivity contribution < 1.29 is 0 Å². The molecule has 1 saturated heterocycles. The maximum atomic E-state index is 4.64. The van der Waals surface area contributed by atoms with Gasteiger partial charge in [-0.2, -0.15) is 0 Å². The molecule has 0 amide bonds. The van der Waals surface area contributed by atoms with Crippen LogP contribution in [0.4, 0.5) is 0 Å². The molecule has 2 heteroatoms. The van der Waals surface area contributed by atoms with Crippen molar-refractivity contribution in [3.05, 3.63) is 35.1 Å². The van der Waals surface area contributed by atoms with Crippen LogP contribution >= 0.6 is 0 Å². The Labute approximate surface area is 77.7 Å². The van der Waals surface area contributed by atoms with Gasteiger partial charge in [-0.05, 0) is 23.6 Å². The van der Waals surface area contributed by atoms with Gasteiger partial charge < -0.3 is 5.32 Å². The van der Waals surface area contributed by atoms with Gasteiger partial charge in [0.05, 0.1) is 5.70 Å². The van der Waals surface area contributed by atoms with Crippen molar-refractivity contribution in [2.75, 3.05) is 13.1 Å². The van der Waals surface area contributed by atoms with Crippen molar-refractivity contribution in [3.63, 3.8) is 0 Å². The number of allylic oxidation sites excluding steroid dienone is 4. The lowest BCUT2D eigenvalue weighted by Crippen LogP contribution is -2.29. The maximum absolute atomic E-state index is 4.64. The monoisotopic (exact) mass is 172 g/mol. The van der Waals surface area contributed by atoms with Crippen LogP contribution in [-0.2, 0) is 0 Å². The van der Waals surface area contributed by atoms with Gasteiger partial charge in [-0.3, -0.25) is 4.99 Å². The second kappa shape index (κ2) is 2.67. The Hall–Kier alpha value is -1.15. The molecule has 13 heavy (non-hydrogen) atoms. The van der Waals surface area contributed by atoms with Gasteiger partial charge in [0.2, 0.25) is 0 Å². The molecule has 1 N–H and O–H groups in total. The van der Waals surface area contributed by atoms with Crippen LogP contribution in [0, 0.1) is 0 Å². The minimum absolute atomic E-state index is 1.01. The first-order valence-electron chi connectivity index (χ1n) is 4.83. The van der Waals surface area contributed by atoms with Crippen LogP contribution in [0.5, 0.6) is 0 Å². The Morgan fingerprint density at radius 1 is 1.31 bits per heavy atom. The summed E-state index contributed by atoms with van der Waals surface area (Å²) < 4.78 is 0. The first-order chi connectivity index (χ1) is 6.45. The fourth-order valence-corrected chi connectivity index (χ4v) is 2.16. The second-order valence-corrected chi connectivity index (χ2v) is 3.63. The van der Waals surface area contributed by atoms with Crippen LogP contribution in [0.1, 0.15) is 12.8 Å². The van der Waals surface area contributed by atoms with E-state index in [0.29, 0.717) is 0 Å². The topological polar surface area (TPSA) is 24.4 Å². The molecule has 2 aliphatic heterocycles. The average Bonchev–Trinajstić information content (AvgIpc) is 2.56. The minimum Gasteiger partial charge on any atom is -0.312 e. The van der Waals surface area contributed by atoms with Crippen LogP contribution in [-0.4, -0.2) is 18.8 Å². The van der Waals surface area contributed by atoms with Gasteiger partial charge in [-0.25, -0.2) is 0 Å². The molecule has 1 aliphatic carbocycles. The third-order valence-electron chi connectivity index (χ3n) is 2.83. The zero-order valence-electron chi connectivity index (χ0n) is 7.51. The number of piperidine rings is 1. The van der Waals surface area contributed by atoms with Crippen molar-refractivity contribution in [2.45, 2.75) is 12.8 Å². The van der Waals surface area contributed by atoms with Gasteiger partial charge in [0.1, 0.15) is 0 Å². The Bertz CT molecular complexity index is 370. The van der Waals surface area contributed by atoms with Crippen LogP contribution in [0.3, 0.4) is 0 Å². The van der Waals surface area contributed by atoms with Crippen molar-refractivity contribution in [2.24, 2.45) is 4.99 Å². The van der Waals surface area contributed by atoms with Gasteiger partial charge in [0.25, 0.3) is 0 Å². The first kappa shape index (κ1) is 7.27. The Balaban J connectivity index is 2.10. The molecule has 3 rings (SSSR count). The summed E-state index contributed by atoms with van der Waals surface area (Å²) in [4.78, 5) is 4.64. The molecular weight excluding hydrogens is 160 g/mol. The molecule has 0 spiro atoms. The van der Waals surface area contributed by atoms with E-state index in [-0.39, 0.29) is 0 Å². The quantitative estimate of drug-likeness (QED) is 0.589. The van der Waals surface area contributed by atoms with E-state index in [0.717, 1.165) is 25.9 Å². The molecule has 0 bridgehead atoms.